The minimum Gasteiger partial charge on any atom is -0.379 e. The van der Waals surface area contributed by atoms with Crippen molar-refractivity contribution in [2.24, 2.45) is 0 Å². The number of amides is 1. The highest BCUT2D eigenvalue weighted by molar-refractivity contribution is 5.86. The molecule has 2 aliphatic heterocycles. The second-order valence-electron chi connectivity index (χ2n) is 7.41. The molecule has 2 aliphatic rings. The van der Waals surface area contributed by atoms with Crippen molar-refractivity contribution in [3.63, 3.8) is 0 Å². The Morgan fingerprint density at radius 1 is 1.28 bits per heavy atom. The third-order valence-corrected chi connectivity index (χ3v) is 5.42. The van der Waals surface area contributed by atoms with Gasteiger partial charge in [-0.1, -0.05) is 18.2 Å². The number of aliphatic hydroxyl groups is 1. The van der Waals surface area contributed by atoms with Crippen LogP contribution in [0.3, 0.4) is 0 Å². The maximum atomic E-state index is 13.9. The van der Waals surface area contributed by atoms with Crippen LogP contribution < -0.4 is 5.32 Å². The van der Waals surface area contributed by atoms with E-state index in [0.29, 0.717) is 24.6 Å². The average Bonchev–Trinajstić information content (AvgIpc) is 2.61. The van der Waals surface area contributed by atoms with Crippen molar-refractivity contribution in [3.05, 3.63) is 35.6 Å². The minimum atomic E-state index is -1.38. The predicted molar refractivity (Wildman–Crippen MR) is 94.5 cm³/mol. The van der Waals surface area contributed by atoms with Gasteiger partial charge in [-0.05, 0) is 51.9 Å². The molecule has 0 radical (unpaired) electrons. The molecule has 2 fully saturated rings. The molecule has 0 aromatic heterocycles. The van der Waals surface area contributed by atoms with Gasteiger partial charge in [-0.25, -0.2) is 4.39 Å². The van der Waals surface area contributed by atoms with Crippen LogP contribution in [0.4, 0.5) is 4.39 Å². The lowest BCUT2D eigenvalue weighted by atomic mass is 9.90. The van der Waals surface area contributed by atoms with E-state index < -0.39 is 5.60 Å². The molecule has 1 unspecified atom stereocenters. The Hall–Kier alpha value is -1.50. The van der Waals surface area contributed by atoms with Crippen LogP contribution in [0.1, 0.15) is 31.2 Å². The standard InChI is InChI=1S/C19H28FN3O2/c1-22-11-7-16(8-12-22)21-14-19(25)9-4-10-23(18(19)24)13-15-5-2-3-6-17(15)20/h2-3,5-6,16,21,25H,4,7-14H2,1H3. The summed E-state index contributed by atoms with van der Waals surface area (Å²) in [5.74, 6) is -0.601. The molecule has 25 heavy (non-hydrogen) atoms. The van der Waals surface area contributed by atoms with Crippen molar-refractivity contribution in [1.82, 2.24) is 15.1 Å². The number of nitrogens with zero attached hydrogens (tertiary/aromatic N) is 2. The van der Waals surface area contributed by atoms with E-state index in [1.54, 1.807) is 23.1 Å². The summed E-state index contributed by atoms with van der Waals surface area (Å²) in [7, 11) is 2.11. The van der Waals surface area contributed by atoms with Crippen molar-refractivity contribution in [2.75, 3.05) is 33.2 Å². The first kappa shape index (κ1) is 18.3. The van der Waals surface area contributed by atoms with Crippen molar-refractivity contribution in [1.29, 1.82) is 0 Å². The highest BCUT2D eigenvalue weighted by Crippen LogP contribution is 2.25. The fraction of sp³-hybridized carbons (Fsp3) is 0.632. The molecular formula is C19H28FN3O2. The van der Waals surface area contributed by atoms with Crippen LogP contribution >= 0.6 is 0 Å². The molecule has 1 aromatic carbocycles. The molecule has 6 heteroatoms. The van der Waals surface area contributed by atoms with Gasteiger partial charge in [0, 0.05) is 31.2 Å². The van der Waals surface area contributed by atoms with Crippen LogP contribution in [0.5, 0.6) is 0 Å². The first-order chi connectivity index (χ1) is 12.0. The molecule has 2 saturated heterocycles. The van der Waals surface area contributed by atoms with Crippen molar-refractivity contribution in [2.45, 2.75) is 43.9 Å². The zero-order valence-corrected chi connectivity index (χ0v) is 14.9. The molecule has 3 rings (SSSR count). The maximum absolute atomic E-state index is 13.9. The molecule has 0 bridgehead atoms. The number of hydrogen-bond donors (Lipinski definition) is 2. The summed E-state index contributed by atoms with van der Waals surface area (Å²) in [5, 5.41) is 14.3. The molecule has 5 nitrogen and oxygen atoms in total. The van der Waals surface area contributed by atoms with Gasteiger partial charge in [0.05, 0.1) is 0 Å². The van der Waals surface area contributed by atoms with Gasteiger partial charge < -0.3 is 20.2 Å². The van der Waals surface area contributed by atoms with E-state index in [4.69, 9.17) is 0 Å². The maximum Gasteiger partial charge on any atom is 0.256 e. The Kier molecular flexibility index (Phi) is 5.71. The van der Waals surface area contributed by atoms with E-state index in [-0.39, 0.29) is 24.8 Å². The van der Waals surface area contributed by atoms with Gasteiger partial charge in [0.15, 0.2) is 5.60 Å². The number of carbonyl (C=O) groups is 1. The first-order valence-corrected chi connectivity index (χ1v) is 9.15. The smallest absolute Gasteiger partial charge is 0.256 e. The van der Waals surface area contributed by atoms with Gasteiger partial charge in [0.1, 0.15) is 5.82 Å². The fourth-order valence-electron chi connectivity index (χ4n) is 3.74. The van der Waals surface area contributed by atoms with E-state index >= 15 is 0 Å². The largest absolute Gasteiger partial charge is 0.379 e. The Labute approximate surface area is 148 Å². The average molecular weight is 349 g/mol. The summed E-state index contributed by atoms with van der Waals surface area (Å²) in [5.41, 5.74) is -0.893. The number of halogens is 1. The lowest BCUT2D eigenvalue weighted by molar-refractivity contribution is -0.157. The third kappa shape index (κ3) is 4.37. The molecule has 0 aliphatic carbocycles. The Balaban J connectivity index is 1.59. The van der Waals surface area contributed by atoms with E-state index in [9.17, 15) is 14.3 Å². The summed E-state index contributed by atoms with van der Waals surface area (Å²) < 4.78 is 13.9. The van der Waals surface area contributed by atoms with Crippen molar-refractivity contribution >= 4 is 5.91 Å². The zero-order chi connectivity index (χ0) is 17.9. The SMILES string of the molecule is CN1CCC(NCC2(O)CCCN(Cc3ccccc3F)C2=O)CC1. The van der Waals surface area contributed by atoms with Gasteiger partial charge in [-0.15, -0.1) is 0 Å². The van der Waals surface area contributed by atoms with Crippen LogP contribution in [0.25, 0.3) is 0 Å². The minimum absolute atomic E-state index is 0.210. The Morgan fingerprint density at radius 3 is 2.72 bits per heavy atom. The number of nitrogens with one attached hydrogen (secondary N) is 1. The monoisotopic (exact) mass is 349 g/mol. The van der Waals surface area contributed by atoms with Crippen molar-refractivity contribution < 1.29 is 14.3 Å². The molecule has 0 saturated carbocycles. The van der Waals surface area contributed by atoms with E-state index in [1.807, 2.05) is 0 Å². The van der Waals surface area contributed by atoms with Gasteiger partial charge in [-0.2, -0.15) is 0 Å². The fourth-order valence-corrected chi connectivity index (χ4v) is 3.74. The van der Waals surface area contributed by atoms with E-state index in [0.717, 1.165) is 32.4 Å². The van der Waals surface area contributed by atoms with Crippen molar-refractivity contribution in [3.8, 4) is 0 Å². The molecule has 1 atom stereocenters. The second kappa shape index (κ2) is 7.81. The summed E-state index contributed by atoms with van der Waals surface area (Å²) in [6.07, 6.45) is 3.24. The van der Waals surface area contributed by atoms with Crippen LogP contribution in [0.2, 0.25) is 0 Å². The van der Waals surface area contributed by atoms with Gasteiger partial charge in [0.2, 0.25) is 0 Å². The van der Waals surface area contributed by atoms with Gasteiger partial charge in [-0.3, -0.25) is 4.79 Å². The molecular weight excluding hydrogens is 321 g/mol. The highest BCUT2D eigenvalue weighted by Gasteiger charge is 2.42. The number of carbonyl (C=O) groups excluding carboxylic acids is 1. The Bertz CT molecular complexity index is 604. The number of benzene rings is 1. The molecule has 2 N–H and O–H groups in total. The first-order valence-electron chi connectivity index (χ1n) is 9.15. The normalized spacial score (nSPS) is 26.2. The van der Waals surface area contributed by atoms with Gasteiger partial charge in [0.25, 0.3) is 5.91 Å². The molecule has 1 amide bonds. The predicted octanol–water partition coefficient (Wildman–Crippen LogP) is 1.36. The summed E-state index contributed by atoms with van der Waals surface area (Å²) in [6, 6.07) is 6.83. The lowest BCUT2D eigenvalue weighted by Crippen LogP contribution is -2.59. The third-order valence-electron chi connectivity index (χ3n) is 5.42. The number of likely N-dealkylation sites (tertiary alicyclic amines) is 2. The van der Waals surface area contributed by atoms with Crippen LogP contribution in [0, 0.1) is 5.82 Å². The number of hydrogen-bond acceptors (Lipinski definition) is 4. The van der Waals surface area contributed by atoms with Gasteiger partial charge >= 0.3 is 0 Å². The summed E-state index contributed by atoms with van der Waals surface area (Å²) in [4.78, 5) is 16.7. The summed E-state index contributed by atoms with van der Waals surface area (Å²) in [6.45, 7) is 3.10. The van der Waals surface area contributed by atoms with Crippen LogP contribution in [-0.2, 0) is 11.3 Å². The Morgan fingerprint density at radius 2 is 2.00 bits per heavy atom. The number of piperidine rings is 2. The topological polar surface area (TPSA) is 55.8 Å². The summed E-state index contributed by atoms with van der Waals surface area (Å²) >= 11 is 0. The molecule has 0 spiro atoms. The van der Waals surface area contributed by atoms with E-state index in [2.05, 4.69) is 17.3 Å². The molecule has 2 heterocycles. The van der Waals surface area contributed by atoms with Crippen LogP contribution in [0.15, 0.2) is 24.3 Å². The number of rotatable bonds is 5. The molecule has 138 valence electrons. The lowest BCUT2D eigenvalue weighted by Gasteiger charge is -2.40. The second-order valence-corrected chi connectivity index (χ2v) is 7.41. The highest BCUT2D eigenvalue weighted by atomic mass is 19.1. The quantitative estimate of drug-likeness (QED) is 0.843. The van der Waals surface area contributed by atoms with Crippen LogP contribution in [-0.4, -0.2) is 65.7 Å². The zero-order valence-electron chi connectivity index (χ0n) is 14.9. The van der Waals surface area contributed by atoms with E-state index in [1.165, 1.54) is 6.07 Å². The molecule has 1 aromatic rings.